The molecule has 19 heavy (non-hydrogen) atoms. The van der Waals surface area contributed by atoms with Gasteiger partial charge in [-0.05, 0) is 24.1 Å². The molecule has 0 saturated heterocycles. The number of nitrogens with one attached hydrogen (secondary N) is 1. The van der Waals surface area contributed by atoms with Crippen molar-refractivity contribution in [2.75, 3.05) is 6.54 Å². The SMILES string of the molecule is Cc1cccnc1C(=O)NCC(Cl)c1ccccc1. The van der Waals surface area contributed by atoms with Crippen molar-refractivity contribution in [1.29, 1.82) is 0 Å². The van der Waals surface area contributed by atoms with Crippen LogP contribution in [-0.4, -0.2) is 17.4 Å². The van der Waals surface area contributed by atoms with Crippen LogP contribution in [0.2, 0.25) is 0 Å². The van der Waals surface area contributed by atoms with Gasteiger partial charge in [-0.3, -0.25) is 9.78 Å². The molecule has 4 heteroatoms. The van der Waals surface area contributed by atoms with Crippen molar-refractivity contribution >= 4 is 17.5 Å². The average Bonchev–Trinajstić information content (AvgIpc) is 2.46. The van der Waals surface area contributed by atoms with Crippen molar-refractivity contribution in [2.45, 2.75) is 12.3 Å². The van der Waals surface area contributed by atoms with E-state index >= 15 is 0 Å². The van der Waals surface area contributed by atoms with E-state index in [9.17, 15) is 4.79 Å². The zero-order valence-corrected chi connectivity index (χ0v) is 11.4. The molecule has 0 radical (unpaired) electrons. The van der Waals surface area contributed by atoms with Crippen LogP contribution in [0.3, 0.4) is 0 Å². The lowest BCUT2D eigenvalue weighted by molar-refractivity contribution is 0.0948. The van der Waals surface area contributed by atoms with Gasteiger partial charge in [-0.15, -0.1) is 11.6 Å². The smallest absolute Gasteiger partial charge is 0.270 e. The maximum absolute atomic E-state index is 12.0. The quantitative estimate of drug-likeness (QED) is 0.871. The van der Waals surface area contributed by atoms with Gasteiger partial charge < -0.3 is 5.32 Å². The highest BCUT2D eigenvalue weighted by molar-refractivity contribution is 6.21. The largest absolute Gasteiger partial charge is 0.349 e. The molecule has 1 atom stereocenters. The number of halogens is 1. The van der Waals surface area contributed by atoms with Gasteiger partial charge in [0, 0.05) is 12.7 Å². The number of aryl methyl sites for hydroxylation is 1. The van der Waals surface area contributed by atoms with Crippen LogP contribution in [0.4, 0.5) is 0 Å². The lowest BCUT2D eigenvalue weighted by atomic mass is 10.1. The van der Waals surface area contributed by atoms with E-state index in [1.807, 2.05) is 43.3 Å². The minimum Gasteiger partial charge on any atom is -0.349 e. The first kappa shape index (κ1) is 13.6. The Balaban J connectivity index is 1.96. The summed E-state index contributed by atoms with van der Waals surface area (Å²) in [6.45, 7) is 2.23. The molecule has 0 aliphatic carbocycles. The molecule has 1 heterocycles. The van der Waals surface area contributed by atoms with E-state index in [1.165, 1.54) is 0 Å². The summed E-state index contributed by atoms with van der Waals surface area (Å²) in [5, 5.41) is 2.56. The van der Waals surface area contributed by atoms with Gasteiger partial charge in [-0.1, -0.05) is 36.4 Å². The van der Waals surface area contributed by atoms with Crippen LogP contribution in [0.5, 0.6) is 0 Å². The molecule has 1 amide bonds. The number of alkyl halides is 1. The van der Waals surface area contributed by atoms with E-state index in [2.05, 4.69) is 10.3 Å². The summed E-state index contributed by atoms with van der Waals surface area (Å²) in [5.41, 5.74) is 2.28. The number of carbonyl (C=O) groups excluding carboxylic acids is 1. The topological polar surface area (TPSA) is 42.0 Å². The van der Waals surface area contributed by atoms with Crippen LogP contribution < -0.4 is 5.32 Å². The third-order valence-electron chi connectivity index (χ3n) is 2.83. The second kappa shape index (κ2) is 6.34. The molecule has 0 aliphatic rings. The Hall–Kier alpha value is -1.87. The Morgan fingerprint density at radius 1 is 1.26 bits per heavy atom. The van der Waals surface area contributed by atoms with Crippen LogP contribution in [0.25, 0.3) is 0 Å². The third-order valence-corrected chi connectivity index (χ3v) is 3.23. The zero-order chi connectivity index (χ0) is 13.7. The lowest BCUT2D eigenvalue weighted by Gasteiger charge is -2.11. The molecule has 3 nitrogen and oxygen atoms in total. The summed E-state index contributed by atoms with van der Waals surface area (Å²) in [6, 6.07) is 13.3. The first-order valence-electron chi connectivity index (χ1n) is 6.07. The van der Waals surface area contributed by atoms with Gasteiger partial charge in [0.1, 0.15) is 5.69 Å². The van der Waals surface area contributed by atoms with Crippen molar-refractivity contribution < 1.29 is 4.79 Å². The average molecular weight is 275 g/mol. The third kappa shape index (κ3) is 3.55. The molecule has 1 aromatic carbocycles. The first-order valence-corrected chi connectivity index (χ1v) is 6.51. The van der Waals surface area contributed by atoms with Gasteiger partial charge in [0.05, 0.1) is 5.38 Å². The number of pyridine rings is 1. The Labute approximate surface area is 117 Å². The fourth-order valence-electron chi connectivity index (χ4n) is 1.77. The van der Waals surface area contributed by atoms with Gasteiger partial charge in [0.25, 0.3) is 5.91 Å². The van der Waals surface area contributed by atoms with E-state index in [0.29, 0.717) is 12.2 Å². The van der Waals surface area contributed by atoms with E-state index in [-0.39, 0.29) is 11.3 Å². The Kier molecular flexibility index (Phi) is 4.53. The van der Waals surface area contributed by atoms with Crippen molar-refractivity contribution in [1.82, 2.24) is 10.3 Å². The van der Waals surface area contributed by atoms with Crippen LogP contribution in [0, 0.1) is 6.92 Å². The summed E-state index contributed by atoms with van der Waals surface area (Å²) in [6.07, 6.45) is 1.61. The number of nitrogens with zero attached hydrogens (tertiary/aromatic N) is 1. The molecule has 98 valence electrons. The summed E-state index contributed by atoms with van der Waals surface area (Å²) in [5.74, 6) is -0.195. The molecule has 1 aromatic heterocycles. The van der Waals surface area contributed by atoms with Crippen molar-refractivity contribution in [2.24, 2.45) is 0 Å². The molecule has 2 rings (SSSR count). The molecule has 0 bridgehead atoms. The molecular formula is C15H15ClN2O. The highest BCUT2D eigenvalue weighted by atomic mass is 35.5. The van der Waals surface area contributed by atoms with Crippen LogP contribution in [0.15, 0.2) is 48.7 Å². The van der Waals surface area contributed by atoms with Gasteiger partial charge in [-0.25, -0.2) is 0 Å². The molecular weight excluding hydrogens is 260 g/mol. The molecule has 0 aliphatic heterocycles. The predicted octanol–water partition coefficient (Wildman–Crippen LogP) is 3.10. The van der Waals surface area contributed by atoms with Crippen molar-refractivity contribution in [3.8, 4) is 0 Å². The maximum Gasteiger partial charge on any atom is 0.270 e. The van der Waals surface area contributed by atoms with Gasteiger partial charge >= 0.3 is 0 Å². The normalized spacial score (nSPS) is 11.9. The zero-order valence-electron chi connectivity index (χ0n) is 10.6. The standard InChI is InChI=1S/C15H15ClN2O/c1-11-6-5-9-17-14(11)15(19)18-10-13(16)12-7-3-2-4-8-12/h2-9,13H,10H2,1H3,(H,18,19). The predicted molar refractivity (Wildman–Crippen MR) is 76.3 cm³/mol. The maximum atomic E-state index is 12.0. The number of hydrogen-bond donors (Lipinski definition) is 1. The number of carbonyl (C=O) groups is 1. The molecule has 0 saturated carbocycles. The molecule has 0 fully saturated rings. The summed E-state index contributed by atoms with van der Waals surface area (Å²) < 4.78 is 0. The Bertz CT molecular complexity index is 557. The van der Waals surface area contributed by atoms with Gasteiger partial charge in [-0.2, -0.15) is 0 Å². The Morgan fingerprint density at radius 3 is 2.68 bits per heavy atom. The summed E-state index contributed by atoms with van der Waals surface area (Å²) in [4.78, 5) is 16.0. The van der Waals surface area contributed by atoms with E-state index < -0.39 is 0 Å². The van der Waals surface area contributed by atoms with Crippen molar-refractivity contribution in [3.63, 3.8) is 0 Å². The van der Waals surface area contributed by atoms with Gasteiger partial charge in [0.2, 0.25) is 0 Å². The minimum atomic E-state index is -0.242. The van der Waals surface area contributed by atoms with Crippen molar-refractivity contribution in [3.05, 3.63) is 65.5 Å². The first-order chi connectivity index (χ1) is 9.18. The second-order valence-corrected chi connectivity index (χ2v) is 4.78. The van der Waals surface area contributed by atoms with Gasteiger partial charge in [0.15, 0.2) is 0 Å². The molecule has 1 unspecified atom stereocenters. The number of aromatic nitrogens is 1. The molecule has 0 spiro atoms. The van der Waals surface area contributed by atoms with Crippen LogP contribution in [0.1, 0.15) is 27.0 Å². The Morgan fingerprint density at radius 2 is 2.00 bits per heavy atom. The second-order valence-electron chi connectivity index (χ2n) is 4.26. The minimum absolute atomic E-state index is 0.195. The lowest BCUT2D eigenvalue weighted by Crippen LogP contribution is -2.28. The monoisotopic (exact) mass is 274 g/mol. The number of benzene rings is 1. The van der Waals surface area contributed by atoms with Crippen LogP contribution in [-0.2, 0) is 0 Å². The fraction of sp³-hybridized carbons (Fsp3) is 0.200. The summed E-state index contributed by atoms with van der Waals surface area (Å²) in [7, 11) is 0. The van der Waals surface area contributed by atoms with Crippen LogP contribution >= 0.6 is 11.6 Å². The van der Waals surface area contributed by atoms with E-state index in [4.69, 9.17) is 11.6 Å². The highest BCUT2D eigenvalue weighted by Gasteiger charge is 2.13. The summed E-state index contributed by atoms with van der Waals surface area (Å²) >= 11 is 6.24. The van der Waals surface area contributed by atoms with E-state index in [1.54, 1.807) is 12.3 Å². The number of amides is 1. The fourth-order valence-corrected chi connectivity index (χ4v) is 1.99. The number of rotatable bonds is 4. The molecule has 2 aromatic rings. The van der Waals surface area contributed by atoms with E-state index in [0.717, 1.165) is 11.1 Å². The number of hydrogen-bond acceptors (Lipinski definition) is 2. The highest BCUT2D eigenvalue weighted by Crippen LogP contribution is 2.18. The molecule has 1 N–H and O–H groups in total.